The van der Waals surface area contributed by atoms with Crippen molar-refractivity contribution in [2.75, 3.05) is 0 Å². The molecule has 0 unspecified atom stereocenters. The Morgan fingerprint density at radius 1 is 1.64 bits per heavy atom. The Bertz CT molecular complexity index is 256. The minimum Gasteiger partial charge on any atom is -0.328 e. The van der Waals surface area contributed by atoms with Gasteiger partial charge in [0.2, 0.25) is 0 Å². The molecule has 3 nitrogen and oxygen atoms in total. The largest absolute Gasteiger partial charge is 0.328 e. The molecular formula is C8H8N2O. The summed E-state index contributed by atoms with van der Waals surface area (Å²) in [4.78, 5) is 14.8. The number of aromatic nitrogens is 1. The summed E-state index contributed by atoms with van der Waals surface area (Å²) in [6, 6.07) is 5.15. The van der Waals surface area contributed by atoms with Crippen LogP contribution in [0.15, 0.2) is 37.2 Å². The quantitative estimate of drug-likeness (QED) is 0.678. The maximum Gasteiger partial charge on any atom is 0.273 e. The highest BCUT2D eigenvalue weighted by molar-refractivity contribution is 5.92. The van der Waals surface area contributed by atoms with Crippen molar-refractivity contribution in [3.63, 3.8) is 0 Å². The Morgan fingerprint density at radius 3 is 3.00 bits per heavy atom. The third-order valence-electron chi connectivity index (χ3n) is 1.13. The SMILES string of the molecule is C=CNC(=O)c1ccccn1. The van der Waals surface area contributed by atoms with Gasteiger partial charge in [-0.15, -0.1) is 0 Å². The van der Waals surface area contributed by atoms with Gasteiger partial charge in [0.15, 0.2) is 0 Å². The van der Waals surface area contributed by atoms with E-state index in [1.807, 2.05) is 0 Å². The van der Waals surface area contributed by atoms with Gasteiger partial charge in [0.1, 0.15) is 5.69 Å². The summed E-state index contributed by atoms with van der Waals surface area (Å²) in [5.74, 6) is -0.236. The van der Waals surface area contributed by atoms with Crippen LogP contribution in [0.4, 0.5) is 0 Å². The molecule has 0 aromatic carbocycles. The molecule has 0 aliphatic carbocycles. The Kier molecular flexibility index (Phi) is 2.38. The number of rotatable bonds is 2. The van der Waals surface area contributed by atoms with Crippen molar-refractivity contribution >= 4 is 5.91 Å². The number of hydrogen-bond acceptors (Lipinski definition) is 2. The summed E-state index contributed by atoms with van der Waals surface area (Å²) in [5, 5.41) is 2.42. The van der Waals surface area contributed by atoms with Crippen LogP contribution in [-0.2, 0) is 0 Å². The number of carbonyl (C=O) groups is 1. The van der Waals surface area contributed by atoms with Crippen LogP contribution >= 0.6 is 0 Å². The van der Waals surface area contributed by atoms with Crippen molar-refractivity contribution in [2.45, 2.75) is 0 Å². The molecule has 1 N–H and O–H groups in total. The van der Waals surface area contributed by atoms with E-state index in [1.165, 1.54) is 6.20 Å². The lowest BCUT2D eigenvalue weighted by Gasteiger charge is -1.95. The van der Waals surface area contributed by atoms with Gasteiger partial charge in [0.05, 0.1) is 0 Å². The van der Waals surface area contributed by atoms with Crippen LogP contribution in [0.25, 0.3) is 0 Å². The topological polar surface area (TPSA) is 42.0 Å². The Labute approximate surface area is 64.8 Å². The molecule has 0 fully saturated rings. The summed E-state index contributed by atoms with van der Waals surface area (Å²) in [6.45, 7) is 3.37. The fraction of sp³-hybridized carbons (Fsp3) is 0. The van der Waals surface area contributed by atoms with Gasteiger partial charge in [0, 0.05) is 6.20 Å². The predicted molar refractivity (Wildman–Crippen MR) is 41.9 cm³/mol. The molecule has 1 heterocycles. The van der Waals surface area contributed by atoms with Gasteiger partial charge < -0.3 is 5.32 Å². The van der Waals surface area contributed by atoms with E-state index >= 15 is 0 Å². The van der Waals surface area contributed by atoms with Gasteiger partial charge in [0.25, 0.3) is 5.91 Å². The fourth-order valence-electron chi connectivity index (χ4n) is 0.664. The van der Waals surface area contributed by atoms with Crippen LogP contribution in [-0.4, -0.2) is 10.9 Å². The van der Waals surface area contributed by atoms with Crippen molar-refractivity contribution in [3.8, 4) is 0 Å². The molecule has 11 heavy (non-hydrogen) atoms. The van der Waals surface area contributed by atoms with E-state index in [-0.39, 0.29) is 5.91 Å². The molecule has 1 rings (SSSR count). The van der Waals surface area contributed by atoms with Crippen molar-refractivity contribution in [1.82, 2.24) is 10.3 Å². The monoisotopic (exact) mass is 148 g/mol. The predicted octanol–water partition coefficient (Wildman–Crippen LogP) is 0.955. The zero-order chi connectivity index (χ0) is 8.10. The summed E-state index contributed by atoms with van der Waals surface area (Å²) in [5.41, 5.74) is 0.396. The normalized spacial score (nSPS) is 8.73. The van der Waals surface area contributed by atoms with Gasteiger partial charge in [-0.05, 0) is 18.3 Å². The van der Waals surface area contributed by atoms with Crippen LogP contribution in [0, 0.1) is 0 Å². The van der Waals surface area contributed by atoms with Crippen molar-refractivity contribution in [2.24, 2.45) is 0 Å². The van der Waals surface area contributed by atoms with Crippen LogP contribution in [0.5, 0.6) is 0 Å². The van der Waals surface area contributed by atoms with Crippen molar-refractivity contribution in [3.05, 3.63) is 42.9 Å². The molecule has 1 aromatic rings. The molecule has 0 spiro atoms. The van der Waals surface area contributed by atoms with Crippen molar-refractivity contribution < 1.29 is 4.79 Å². The number of amides is 1. The summed E-state index contributed by atoms with van der Waals surface area (Å²) < 4.78 is 0. The second-order valence-electron chi connectivity index (χ2n) is 1.89. The third-order valence-corrected chi connectivity index (χ3v) is 1.13. The third kappa shape index (κ3) is 1.89. The van der Waals surface area contributed by atoms with Crippen LogP contribution in [0.2, 0.25) is 0 Å². The number of hydrogen-bond donors (Lipinski definition) is 1. The fourth-order valence-corrected chi connectivity index (χ4v) is 0.664. The number of carbonyl (C=O) groups excluding carboxylic acids is 1. The van der Waals surface area contributed by atoms with E-state index in [9.17, 15) is 4.79 Å². The van der Waals surface area contributed by atoms with Gasteiger partial charge in [-0.25, -0.2) is 0 Å². The Hall–Kier alpha value is -1.64. The van der Waals surface area contributed by atoms with Gasteiger partial charge >= 0.3 is 0 Å². The maximum atomic E-state index is 11.0. The highest BCUT2D eigenvalue weighted by Gasteiger charge is 2.01. The first-order valence-electron chi connectivity index (χ1n) is 3.17. The minimum absolute atomic E-state index is 0.236. The Balaban J connectivity index is 2.77. The molecular weight excluding hydrogens is 140 g/mol. The highest BCUT2D eigenvalue weighted by Crippen LogP contribution is 1.91. The summed E-state index contributed by atoms with van der Waals surface area (Å²) >= 11 is 0. The molecule has 0 bridgehead atoms. The Morgan fingerprint density at radius 2 is 2.45 bits per heavy atom. The number of nitrogens with zero attached hydrogens (tertiary/aromatic N) is 1. The molecule has 56 valence electrons. The summed E-state index contributed by atoms with van der Waals surface area (Å²) in [7, 11) is 0. The van der Waals surface area contributed by atoms with E-state index < -0.39 is 0 Å². The first kappa shape index (κ1) is 7.47. The molecule has 0 atom stereocenters. The smallest absolute Gasteiger partial charge is 0.273 e. The zero-order valence-corrected chi connectivity index (χ0v) is 5.95. The van der Waals surface area contributed by atoms with Gasteiger partial charge in [-0.2, -0.15) is 0 Å². The summed E-state index contributed by atoms with van der Waals surface area (Å²) in [6.07, 6.45) is 2.90. The molecule has 0 saturated heterocycles. The lowest BCUT2D eigenvalue weighted by Crippen LogP contribution is -2.17. The van der Waals surface area contributed by atoms with E-state index in [0.29, 0.717) is 5.69 Å². The minimum atomic E-state index is -0.236. The van der Waals surface area contributed by atoms with Crippen molar-refractivity contribution in [1.29, 1.82) is 0 Å². The number of pyridine rings is 1. The second kappa shape index (κ2) is 3.51. The van der Waals surface area contributed by atoms with Crippen LogP contribution < -0.4 is 5.32 Å². The zero-order valence-electron chi connectivity index (χ0n) is 5.95. The maximum absolute atomic E-state index is 11.0. The molecule has 1 aromatic heterocycles. The average Bonchev–Trinajstić information content (AvgIpc) is 2.07. The van der Waals surface area contributed by atoms with E-state index in [1.54, 1.807) is 24.4 Å². The van der Waals surface area contributed by atoms with Gasteiger partial charge in [-0.3, -0.25) is 9.78 Å². The number of nitrogens with one attached hydrogen (secondary N) is 1. The molecule has 3 heteroatoms. The first-order chi connectivity index (χ1) is 5.34. The van der Waals surface area contributed by atoms with Crippen LogP contribution in [0.3, 0.4) is 0 Å². The average molecular weight is 148 g/mol. The lowest BCUT2D eigenvalue weighted by atomic mass is 10.3. The van der Waals surface area contributed by atoms with E-state index in [4.69, 9.17) is 0 Å². The first-order valence-corrected chi connectivity index (χ1v) is 3.17. The molecule has 1 amide bonds. The van der Waals surface area contributed by atoms with Gasteiger partial charge in [-0.1, -0.05) is 12.6 Å². The molecule has 0 saturated carbocycles. The van der Waals surface area contributed by atoms with Crippen LogP contribution in [0.1, 0.15) is 10.5 Å². The van der Waals surface area contributed by atoms with E-state index in [2.05, 4.69) is 16.9 Å². The second-order valence-corrected chi connectivity index (χ2v) is 1.89. The highest BCUT2D eigenvalue weighted by atomic mass is 16.1. The molecule has 0 aliphatic heterocycles. The standard InChI is InChI=1S/C8H8N2O/c1-2-9-8(11)7-5-3-4-6-10-7/h2-6H,1H2,(H,9,11). The molecule has 0 radical (unpaired) electrons. The molecule has 0 aliphatic rings. The lowest BCUT2D eigenvalue weighted by molar-refractivity contribution is 0.0965. The van der Waals surface area contributed by atoms with E-state index in [0.717, 1.165) is 0 Å².